The van der Waals surface area contributed by atoms with Gasteiger partial charge in [0.1, 0.15) is 11.6 Å². The predicted octanol–water partition coefficient (Wildman–Crippen LogP) is 1.78. The van der Waals surface area contributed by atoms with E-state index in [-0.39, 0.29) is 23.3 Å². The van der Waals surface area contributed by atoms with E-state index in [9.17, 15) is 14.3 Å². The maximum atomic E-state index is 12.8. The molecule has 1 saturated heterocycles. The normalized spacial score (nSPS) is 18.9. The number of aromatic hydroxyl groups is 1. The van der Waals surface area contributed by atoms with E-state index >= 15 is 0 Å². The minimum absolute atomic E-state index is 0.0570. The lowest BCUT2D eigenvalue weighted by Crippen LogP contribution is -2.34. The lowest BCUT2D eigenvalue weighted by atomic mass is 10.1. The zero-order valence-electron chi connectivity index (χ0n) is 10.2. The highest BCUT2D eigenvalue weighted by Crippen LogP contribution is 2.20. The molecule has 1 fully saturated rings. The van der Waals surface area contributed by atoms with E-state index in [4.69, 9.17) is 4.74 Å². The van der Waals surface area contributed by atoms with Crippen LogP contribution in [-0.2, 0) is 4.74 Å². The number of carbonyl (C=O) groups excluding carboxylic acids is 1. The van der Waals surface area contributed by atoms with Crippen LogP contribution in [0.2, 0.25) is 0 Å². The fourth-order valence-electron chi connectivity index (χ4n) is 2.07. The maximum absolute atomic E-state index is 12.8. The first-order valence-corrected chi connectivity index (χ1v) is 5.93. The van der Waals surface area contributed by atoms with Crippen molar-refractivity contribution in [1.29, 1.82) is 0 Å². The SMILES string of the molecule is CN(CC1CCCO1)C(=O)c1ccc(F)cc1O. The van der Waals surface area contributed by atoms with Crippen molar-refractivity contribution in [3.05, 3.63) is 29.6 Å². The third-order valence-electron chi connectivity index (χ3n) is 3.04. The van der Waals surface area contributed by atoms with Gasteiger partial charge in [0.2, 0.25) is 0 Å². The smallest absolute Gasteiger partial charge is 0.257 e. The molecule has 0 aliphatic carbocycles. The average molecular weight is 253 g/mol. The van der Waals surface area contributed by atoms with Gasteiger partial charge in [0.15, 0.2) is 0 Å². The van der Waals surface area contributed by atoms with Gasteiger partial charge in [0.25, 0.3) is 5.91 Å². The fourth-order valence-corrected chi connectivity index (χ4v) is 2.07. The molecule has 1 heterocycles. The van der Waals surface area contributed by atoms with E-state index in [1.807, 2.05) is 0 Å². The van der Waals surface area contributed by atoms with Gasteiger partial charge in [0.05, 0.1) is 11.7 Å². The number of phenolic OH excluding ortho intramolecular Hbond substituents is 1. The summed E-state index contributed by atoms with van der Waals surface area (Å²) in [5.41, 5.74) is 0.108. The van der Waals surface area contributed by atoms with Gasteiger partial charge in [-0.1, -0.05) is 0 Å². The van der Waals surface area contributed by atoms with Crippen LogP contribution in [0.1, 0.15) is 23.2 Å². The highest BCUT2D eigenvalue weighted by atomic mass is 19.1. The summed E-state index contributed by atoms with van der Waals surface area (Å²) in [6, 6.07) is 3.39. The van der Waals surface area contributed by atoms with E-state index in [0.717, 1.165) is 31.6 Å². The summed E-state index contributed by atoms with van der Waals surface area (Å²) in [5, 5.41) is 9.55. The van der Waals surface area contributed by atoms with Crippen molar-refractivity contribution in [1.82, 2.24) is 4.90 Å². The van der Waals surface area contributed by atoms with Crippen LogP contribution in [-0.4, -0.2) is 42.2 Å². The standard InChI is InChI=1S/C13H16FNO3/c1-15(8-10-3-2-6-18-10)13(17)11-5-4-9(14)7-12(11)16/h4-5,7,10,16H,2-3,6,8H2,1H3. The third kappa shape index (κ3) is 2.79. The van der Waals surface area contributed by atoms with E-state index in [1.54, 1.807) is 7.05 Å². The Morgan fingerprint density at radius 1 is 1.61 bits per heavy atom. The number of hydrogen-bond donors (Lipinski definition) is 1. The third-order valence-corrected chi connectivity index (χ3v) is 3.04. The fraction of sp³-hybridized carbons (Fsp3) is 0.462. The molecular formula is C13H16FNO3. The van der Waals surface area contributed by atoms with Crippen LogP contribution in [0.5, 0.6) is 5.75 Å². The average Bonchev–Trinajstić information content (AvgIpc) is 2.81. The Balaban J connectivity index is 2.05. The molecule has 0 saturated carbocycles. The summed E-state index contributed by atoms with van der Waals surface area (Å²) >= 11 is 0. The maximum Gasteiger partial charge on any atom is 0.257 e. The van der Waals surface area contributed by atoms with Crippen molar-refractivity contribution < 1.29 is 19.0 Å². The Morgan fingerprint density at radius 2 is 2.39 bits per heavy atom. The summed E-state index contributed by atoms with van der Waals surface area (Å²) in [6.07, 6.45) is 2.00. The molecule has 1 aromatic rings. The number of carbonyl (C=O) groups is 1. The quantitative estimate of drug-likeness (QED) is 0.893. The molecule has 0 spiro atoms. The lowest BCUT2D eigenvalue weighted by Gasteiger charge is -2.21. The van der Waals surface area contributed by atoms with Crippen LogP contribution in [0.15, 0.2) is 18.2 Å². The summed E-state index contributed by atoms with van der Waals surface area (Å²) in [5.74, 6) is -1.23. The molecule has 18 heavy (non-hydrogen) atoms. The number of benzene rings is 1. The van der Waals surface area contributed by atoms with Crippen LogP contribution in [0.4, 0.5) is 4.39 Å². The van der Waals surface area contributed by atoms with Gasteiger partial charge in [-0.05, 0) is 25.0 Å². The molecular weight excluding hydrogens is 237 g/mol. The Kier molecular flexibility index (Phi) is 3.81. The van der Waals surface area contributed by atoms with Crippen molar-refractivity contribution in [3.63, 3.8) is 0 Å². The molecule has 5 heteroatoms. The molecule has 98 valence electrons. The summed E-state index contributed by atoms with van der Waals surface area (Å²) in [4.78, 5) is 13.5. The molecule has 1 aliphatic rings. The van der Waals surface area contributed by atoms with Crippen LogP contribution in [0, 0.1) is 5.82 Å². The molecule has 1 aliphatic heterocycles. The molecule has 4 nitrogen and oxygen atoms in total. The first kappa shape index (κ1) is 12.8. The summed E-state index contributed by atoms with van der Waals surface area (Å²) in [6.45, 7) is 1.21. The molecule has 1 aromatic carbocycles. The Bertz CT molecular complexity index is 444. The molecule has 2 rings (SSSR count). The first-order valence-electron chi connectivity index (χ1n) is 5.93. The van der Waals surface area contributed by atoms with E-state index in [1.165, 1.54) is 11.0 Å². The highest BCUT2D eigenvalue weighted by Gasteiger charge is 2.22. The number of likely N-dealkylation sites (N-methyl/N-ethyl adjacent to an activating group) is 1. The zero-order valence-corrected chi connectivity index (χ0v) is 10.2. The summed E-state index contributed by atoms with van der Waals surface area (Å²) < 4.78 is 18.3. The van der Waals surface area contributed by atoms with Gasteiger partial charge in [0, 0.05) is 26.3 Å². The zero-order chi connectivity index (χ0) is 13.1. The van der Waals surface area contributed by atoms with Crippen LogP contribution in [0.25, 0.3) is 0 Å². The van der Waals surface area contributed by atoms with Crippen molar-refractivity contribution in [2.24, 2.45) is 0 Å². The lowest BCUT2D eigenvalue weighted by molar-refractivity contribution is 0.0585. The van der Waals surface area contributed by atoms with Crippen LogP contribution < -0.4 is 0 Å². The van der Waals surface area contributed by atoms with Crippen molar-refractivity contribution in [3.8, 4) is 5.75 Å². The molecule has 1 atom stereocenters. The monoisotopic (exact) mass is 253 g/mol. The second kappa shape index (κ2) is 5.35. The molecule has 1 N–H and O–H groups in total. The molecule has 0 radical (unpaired) electrons. The molecule has 0 aromatic heterocycles. The van der Waals surface area contributed by atoms with Gasteiger partial charge < -0.3 is 14.7 Å². The number of amides is 1. The number of halogens is 1. The van der Waals surface area contributed by atoms with Gasteiger partial charge >= 0.3 is 0 Å². The van der Waals surface area contributed by atoms with Crippen molar-refractivity contribution >= 4 is 5.91 Å². The van der Waals surface area contributed by atoms with Crippen LogP contribution in [0.3, 0.4) is 0 Å². The number of rotatable bonds is 3. The van der Waals surface area contributed by atoms with Crippen molar-refractivity contribution in [2.75, 3.05) is 20.2 Å². The van der Waals surface area contributed by atoms with Crippen LogP contribution >= 0.6 is 0 Å². The minimum Gasteiger partial charge on any atom is -0.507 e. The van der Waals surface area contributed by atoms with Gasteiger partial charge in [-0.3, -0.25) is 4.79 Å². The topological polar surface area (TPSA) is 49.8 Å². The second-order valence-corrected chi connectivity index (χ2v) is 4.48. The largest absolute Gasteiger partial charge is 0.507 e. The van der Waals surface area contributed by atoms with Gasteiger partial charge in [-0.25, -0.2) is 4.39 Å². The second-order valence-electron chi connectivity index (χ2n) is 4.48. The molecule has 1 amide bonds. The number of phenols is 1. The highest BCUT2D eigenvalue weighted by molar-refractivity contribution is 5.96. The number of nitrogens with zero attached hydrogens (tertiary/aromatic N) is 1. The Labute approximate surface area is 105 Å². The summed E-state index contributed by atoms with van der Waals surface area (Å²) in [7, 11) is 1.65. The molecule has 1 unspecified atom stereocenters. The van der Waals surface area contributed by atoms with Gasteiger partial charge in [-0.15, -0.1) is 0 Å². The van der Waals surface area contributed by atoms with E-state index < -0.39 is 5.82 Å². The van der Waals surface area contributed by atoms with E-state index in [0.29, 0.717) is 6.54 Å². The Hall–Kier alpha value is -1.62. The number of hydrogen-bond acceptors (Lipinski definition) is 3. The Morgan fingerprint density at radius 3 is 3.00 bits per heavy atom. The first-order chi connectivity index (χ1) is 8.58. The van der Waals surface area contributed by atoms with Gasteiger partial charge in [-0.2, -0.15) is 0 Å². The number of ether oxygens (including phenoxy) is 1. The minimum atomic E-state index is -0.564. The molecule has 0 bridgehead atoms. The van der Waals surface area contributed by atoms with Crippen molar-refractivity contribution in [2.45, 2.75) is 18.9 Å². The van der Waals surface area contributed by atoms with E-state index in [2.05, 4.69) is 0 Å². The predicted molar refractivity (Wildman–Crippen MR) is 64.0 cm³/mol.